The lowest BCUT2D eigenvalue weighted by molar-refractivity contribution is 0.0171. The summed E-state index contributed by atoms with van der Waals surface area (Å²) in [4.78, 5) is 3.76. The van der Waals surface area contributed by atoms with E-state index in [0.717, 1.165) is 13.1 Å². The molecule has 2 nitrogen and oxygen atoms in total. The van der Waals surface area contributed by atoms with Crippen molar-refractivity contribution < 1.29 is 8.78 Å². The van der Waals surface area contributed by atoms with E-state index in [-0.39, 0.29) is 12.1 Å². The number of aromatic nitrogens is 1. The minimum absolute atomic E-state index is 0.0836. The molecular weight excluding hydrogens is 162 g/mol. The maximum atomic E-state index is 12.6. The van der Waals surface area contributed by atoms with E-state index >= 15 is 0 Å². The Balaban J connectivity index is 2.93. The largest absolute Gasteiger partial charge is 0.325 e. The molecule has 0 fully saturated rings. The molecule has 12 heavy (non-hydrogen) atoms. The Morgan fingerprint density at radius 2 is 2.17 bits per heavy atom. The first-order valence-corrected chi connectivity index (χ1v) is 3.57. The van der Waals surface area contributed by atoms with Crippen LogP contribution in [0.4, 0.5) is 8.78 Å². The van der Waals surface area contributed by atoms with Gasteiger partial charge in [-0.2, -0.15) is 0 Å². The molecule has 66 valence electrons. The van der Waals surface area contributed by atoms with E-state index in [1.807, 2.05) is 0 Å². The molecule has 2 N–H and O–H groups in total. The third-order valence-corrected chi connectivity index (χ3v) is 1.54. The van der Waals surface area contributed by atoms with Crippen LogP contribution < -0.4 is 5.73 Å². The van der Waals surface area contributed by atoms with Crippen molar-refractivity contribution in [3.8, 4) is 0 Å². The van der Waals surface area contributed by atoms with Gasteiger partial charge in [0.25, 0.3) is 5.92 Å². The van der Waals surface area contributed by atoms with Gasteiger partial charge in [0.1, 0.15) is 0 Å². The van der Waals surface area contributed by atoms with E-state index in [4.69, 9.17) is 5.73 Å². The fourth-order valence-corrected chi connectivity index (χ4v) is 0.805. The van der Waals surface area contributed by atoms with E-state index in [1.165, 1.54) is 12.1 Å². The smallest absolute Gasteiger partial charge is 0.272 e. The van der Waals surface area contributed by atoms with Crippen LogP contribution in [0.25, 0.3) is 0 Å². The summed E-state index contributed by atoms with van der Waals surface area (Å²) in [6.07, 6.45) is 1.15. The average molecular weight is 172 g/mol. The molecule has 0 bridgehead atoms. The monoisotopic (exact) mass is 172 g/mol. The molecular formula is C8H10F2N2. The van der Waals surface area contributed by atoms with Gasteiger partial charge in [-0.05, 0) is 12.1 Å². The molecule has 0 radical (unpaired) electrons. The molecule has 0 spiro atoms. The molecule has 1 aromatic heterocycles. The molecule has 0 atom stereocenters. The molecule has 1 rings (SSSR count). The van der Waals surface area contributed by atoms with Crippen molar-refractivity contribution >= 4 is 0 Å². The first-order valence-electron chi connectivity index (χ1n) is 3.57. The van der Waals surface area contributed by atoms with Gasteiger partial charge in [-0.3, -0.25) is 4.98 Å². The zero-order valence-corrected chi connectivity index (χ0v) is 6.72. The van der Waals surface area contributed by atoms with Crippen molar-refractivity contribution in [3.63, 3.8) is 0 Å². The number of nitrogens with zero attached hydrogens (tertiary/aromatic N) is 1. The average Bonchev–Trinajstić information content (AvgIpc) is 2.03. The summed E-state index contributed by atoms with van der Waals surface area (Å²) in [6, 6.07) is 2.85. The van der Waals surface area contributed by atoms with Crippen LogP contribution in [0.3, 0.4) is 0 Å². The highest BCUT2D eigenvalue weighted by Gasteiger charge is 2.24. The Morgan fingerprint density at radius 3 is 2.50 bits per heavy atom. The Hall–Kier alpha value is -1.03. The molecule has 0 aliphatic rings. The second kappa shape index (κ2) is 3.15. The van der Waals surface area contributed by atoms with Crippen LogP contribution in [0.5, 0.6) is 0 Å². The third kappa shape index (κ3) is 1.98. The molecule has 1 heterocycles. The summed E-state index contributed by atoms with van der Waals surface area (Å²) in [5.41, 5.74) is 5.79. The summed E-state index contributed by atoms with van der Waals surface area (Å²) in [5, 5.41) is 0. The van der Waals surface area contributed by atoms with E-state index in [2.05, 4.69) is 4.98 Å². The van der Waals surface area contributed by atoms with E-state index in [1.54, 1.807) is 0 Å². The number of nitrogens with two attached hydrogens (primary N) is 1. The lowest BCUT2D eigenvalue weighted by atomic mass is 10.1. The normalized spacial score (nSPS) is 11.7. The molecule has 0 aliphatic carbocycles. The molecule has 4 heteroatoms. The fraction of sp³-hybridized carbons (Fsp3) is 0.375. The van der Waals surface area contributed by atoms with Crippen LogP contribution in [0.15, 0.2) is 18.3 Å². The number of hydrogen-bond donors (Lipinski definition) is 1. The first-order chi connectivity index (χ1) is 5.54. The van der Waals surface area contributed by atoms with Crippen LogP contribution >= 0.6 is 0 Å². The molecule has 0 aliphatic heterocycles. The highest BCUT2D eigenvalue weighted by Crippen LogP contribution is 2.25. The van der Waals surface area contributed by atoms with Gasteiger partial charge >= 0.3 is 0 Å². The van der Waals surface area contributed by atoms with Crippen LogP contribution in [-0.4, -0.2) is 4.98 Å². The predicted molar refractivity (Wildman–Crippen MR) is 41.7 cm³/mol. The zero-order chi connectivity index (χ0) is 9.19. The van der Waals surface area contributed by atoms with E-state index in [0.29, 0.717) is 5.69 Å². The molecule has 0 amide bonds. The molecule has 0 saturated heterocycles. The highest BCUT2D eigenvalue weighted by atomic mass is 19.3. The summed E-state index contributed by atoms with van der Waals surface area (Å²) < 4.78 is 25.2. The number of pyridine rings is 1. The maximum Gasteiger partial charge on any atom is 0.272 e. The van der Waals surface area contributed by atoms with Gasteiger partial charge in [0.2, 0.25) is 0 Å². The standard InChI is InChI=1S/C8H10F2N2/c1-8(9,10)6-2-3-7(4-11)12-5-6/h2-3,5H,4,11H2,1H3. The second-order valence-corrected chi connectivity index (χ2v) is 2.63. The van der Waals surface area contributed by atoms with Crippen molar-refractivity contribution in [2.75, 3.05) is 0 Å². The minimum Gasteiger partial charge on any atom is -0.325 e. The first kappa shape index (κ1) is 9.06. The maximum absolute atomic E-state index is 12.6. The minimum atomic E-state index is -2.82. The van der Waals surface area contributed by atoms with Crippen molar-refractivity contribution in [1.82, 2.24) is 4.98 Å². The second-order valence-electron chi connectivity index (χ2n) is 2.63. The Morgan fingerprint density at radius 1 is 1.50 bits per heavy atom. The van der Waals surface area contributed by atoms with Crippen LogP contribution in [0.2, 0.25) is 0 Å². The summed E-state index contributed by atoms with van der Waals surface area (Å²) in [6.45, 7) is 1.11. The van der Waals surface area contributed by atoms with Crippen LogP contribution in [0, 0.1) is 0 Å². The quantitative estimate of drug-likeness (QED) is 0.736. The summed E-state index contributed by atoms with van der Waals surface area (Å²) in [5.74, 6) is -2.82. The molecule has 1 aromatic rings. The summed E-state index contributed by atoms with van der Waals surface area (Å²) in [7, 11) is 0. The van der Waals surface area contributed by atoms with Gasteiger partial charge < -0.3 is 5.73 Å². The van der Waals surface area contributed by atoms with Crippen LogP contribution in [0.1, 0.15) is 18.2 Å². The molecule has 0 saturated carbocycles. The Labute approximate surface area is 69.4 Å². The Bertz CT molecular complexity index is 251. The SMILES string of the molecule is CC(F)(F)c1ccc(CN)nc1. The number of alkyl halides is 2. The van der Waals surface area contributed by atoms with Gasteiger partial charge in [-0.25, -0.2) is 8.78 Å². The number of halogens is 2. The zero-order valence-electron chi connectivity index (χ0n) is 6.72. The molecule has 0 aromatic carbocycles. The van der Waals surface area contributed by atoms with Crippen molar-refractivity contribution in [2.45, 2.75) is 19.4 Å². The third-order valence-electron chi connectivity index (χ3n) is 1.54. The van der Waals surface area contributed by atoms with E-state index in [9.17, 15) is 8.78 Å². The lowest BCUT2D eigenvalue weighted by Gasteiger charge is -2.09. The predicted octanol–water partition coefficient (Wildman–Crippen LogP) is 1.65. The van der Waals surface area contributed by atoms with Gasteiger partial charge in [-0.15, -0.1) is 0 Å². The molecule has 0 unspecified atom stereocenters. The van der Waals surface area contributed by atoms with Crippen LogP contribution in [-0.2, 0) is 12.5 Å². The topological polar surface area (TPSA) is 38.9 Å². The number of rotatable bonds is 2. The van der Waals surface area contributed by atoms with Crippen molar-refractivity contribution in [1.29, 1.82) is 0 Å². The van der Waals surface area contributed by atoms with E-state index < -0.39 is 5.92 Å². The summed E-state index contributed by atoms with van der Waals surface area (Å²) >= 11 is 0. The van der Waals surface area contributed by atoms with Gasteiger partial charge in [0, 0.05) is 25.2 Å². The van der Waals surface area contributed by atoms with Gasteiger partial charge in [-0.1, -0.05) is 0 Å². The fourth-order valence-electron chi connectivity index (χ4n) is 0.805. The van der Waals surface area contributed by atoms with Gasteiger partial charge in [0.05, 0.1) is 5.69 Å². The lowest BCUT2D eigenvalue weighted by Crippen LogP contribution is -2.08. The highest BCUT2D eigenvalue weighted by molar-refractivity contribution is 5.17. The van der Waals surface area contributed by atoms with Crippen molar-refractivity contribution in [3.05, 3.63) is 29.6 Å². The van der Waals surface area contributed by atoms with Gasteiger partial charge in [0.15, 0.2) is 0 Å². The van der Waals surface area contributed by atoms with Crippen molar-refractivity contribution in [2.24, 2.45) is 5.73 Å². The number of hydrogen-bond acceptors (Lipinski definition) is 2. The Kier molecular flexibility index (Phi) is 2.38.